The number of hydrogen-bond donors (Lipinski definition) is 0. The van der Waals surface area contributed by atoms with Gasteiger partial charge in [-0.15, -0.1) is 45.3 Å². The van der Waals surface area contributed by atoms with Crippen molar-refractivity contribution >= 4 is 45.3 Å². The van der Waals surface area contributed by atoms with Gasteiger partial charge in [-0.05, 0) is 112 Å². The quantitative estimate of drug-likeness (QED) is 0.174. The topological polar surface area (TPSA) is 0 Å². The zero-order valence-corrected chi connectivity index (χ0v) is 25.3. The van der Waals surface area contributed by atoms with E-state index in [2.05, 4.69) is 19.1 Å². The molecule has 40 heavy (non-hydrogen) atoms. The van der Waals surface area contributed by atoms with Gasteiger partial charge in [0, 0.05) is 44.6 Å². The Morgan fingerprint density at radius 1 is 0.425 bits per heavy atom. The van der Waals surface area contributed by atoms with Gasteiger partial charge in [-0.2, -0.15) is 0 Å². The minimum absolute atomic E-state index is 0.0689. The van der Waals surface area contributed by atoms with Crippen LogP contribution in [0.2, 0.25) is 0 Å². The third kappa shape index (κ3) is 6.15. The summed E-state index contributed by atoms with van der Waals surface area (Å²) in [6, 6.07) is 21.4. The van der Waals surface area contributed by atoms with Gasteiger partial charge in [0.1, 0.15) is 23.3 Å². The molecule has 6 rings (SSSR count). The number of thiophene rings is 4. The van der Waals surface area contributed by atoms with E-state index in [1.165, 1.54) is 57.2 Å². The van der Waals surface area contributed by atoms with Gasteiger partial charge in [-0.1, -0.05) is 0 Å². The maximum atomic E-state index is 14.0. The van der Waals surface area contributed by atoms with Gasteiger partial charge in [0.2, 0.25) is 0 Å². The summed E-state index contributed by atoms with van der Waals surface area (Å²) >= 11 is 6.37. The lowest BCUT2D eigenvalue weighted by atomic mass is 10.1. The molecule has 0 aliphatic rings. The van der Waals surface area contributed by atoms with Gasteiger partial charge in [0.25, 0.3) is 0 Å². The summed E-state index contributed by atoms with van der Waals surface area (Å²) in [7, 11) is 0. The highest BCUT2D eigenvalue weighted by atomic mass is 32.1. The summed E-state index contributed by atoms with van der Waals surface area (Å²) in [5, 5.41) is 0. The molecule has 0 atom stereocenters. The fourth-order valence-corrected chi connectivity index (χ4v) is 8.05. The summed E-state index contributed by atoms with van der Waals surface area (Å²) in [5.41, 5.74) is 1.32. The molecule has 0 bridgehead atoms. The average molecular weight is 613 g/mol. The lowest BCUT2D eigenvalue weighted by molar-refractivity contribution is 0.569. The Labute approximate surface area is 246 Å². The van der Waals surface area contributed by atoms with Gasteiger partial charge in [-0.3, -0.25) is 0 Å². The van der Waals surface area contributed by atoms with Crippen molar-refractivity contribution in [1.29, 1.82) is 0 Å². The number of rotatable bonds is 4. The molecule has 0 amide bonds. The van der Waals surface area contributed by atoms with Crippen molar-refractivity contribution in [2.75, 3.05) is 0 Å². The Hall–Kier alpha value is -3.04. The van der Waals surface area contributed by atoms with E-state index in [-0.39, 0.29) is 11.1 Å². The van der Waals surface area contributed by atoms with E-state index < -0.39 is 23.3 Å². The second-order valence-electron chi connectivity index (χ2n) is 9.32. The van der Waals surface area contributed by atoms with Crippen LogP contribution in [0.25, 0.3) is 40.4 Å². The lowest BCUT2D eigenvalue weighted by Gasteiger charge is -2.03. The fourth-order valence-electron chi connectivity index (χ4n) is 4.09. The molecular weight excluding hydrogens is 589 g/mol. The number of aryl methyl sites for hydroxylation is 3. The highest BCUT2D eigenvalue weighted by Crippen LogP contribution is 2.40. The van der Waals surface area contributed by atoms with Crippen LogP contribution in [0.5, 0.6) is 0 Å². The molecule has 0 saturated heterocycles. The van der Waals surface area contributed by atoms with Crippen LogP contribution in [0.1, 0.15) is 20.9 Å². The van der Waals surface area contributed by atoms with Crippen LogP contribution in [-0.2, 0) is 0 Å². The van der Waals surface area contributed by atoms with Crippen molar-refractivity contribution in [3.63, 3.8) is 0 Å². The van der Waals surface area contributed by atoms with E-state index in [9.17, 15) is 17.6 Å². The van der Waals surface area contributed by atoms with Crippen LogP contribution in [0.15, 0.2) is 72.8 Å². The molecule has 0 unspecified atom stereocenters. The third-order valence-corrected chi connectivity index (χ3v) is 10.8. The first-order valence-corrected chi connectivity index (χ1v) is 15.6. The Morgan fingerprint density at radius 3 is 1.30 bits per heavy atom. The van der Waals surface area contributed by atoms with Crippen LogP contribution in [0, 0.1) is 51.0 Å². The molecule has 204 valence electrons. The van der Waals surface area contributed by atoms with Crippen molar-refractivity contribution in [1.82, 2.24) is 0 Å². The summed E-state index contributed by atoms with van der Waals surface area (Å²) in [5.74, 6) is -2.00. The molecule has 0 radical (unpaired) electrons. The molecule has 6 aromatic rings. The molecule has 0 nitrogen and oxygen atoms in total. The minimum atomic E-state index is -0.502. The highest BCUT2D eigenvalue weighted by molar-refractivity contribution is 7.24. The van der Waals surface area contributed by atoms with Crippen molar-refractivity contribution < 1.29 is 17.6 Å². The minimum Gasteiger partial charge on any atom is -0.207 e. The monoisotopic (exact) mass is 612 g/mol. The second kappa shape index (κ2) is 11.8. The first-order chi connectivity index (χ1) is 19.1. The Kier molecular flexibility index (Phi) is 8.42. The largest absolute Gasteiger partial charge is 0.207 e. The maximum Gasteiger partial charge on any atom is 0.135 e. The normalized spacial score (nSPS) is 11.0. The fraction of sp³-hybridized carbons (Fsp3) is 0.125. The van der Waals surface area contributed by atoms with Gasteiger partial charge in [0.05, 0.1) is 5.56 Å². The standard InChI is InChI=1S/2C16H12F2S2/c1-9-7-11(17)16(12(18)8-9)15-6-5-14(20-15)13-4-3-10(2)19-13;1-9-3-4-15(19-9)16-6-5-14(20-16)11-7-12(17)10(2)13(18)8-11/h2*3-8H,1-2H3. The molecule has 0 aliphatic heterocycles. The van der Waals surface area contributed by atoms with Crippen LogP contribution in [0.4, 0.5) is 17.6 Å². The van der Waals surface area contributed by atoms with E-state index in [4.69, 9.17) is 0 Å². The predicted octanol–water partition coefficient (Wildman–Crippen LogP) is 12.1. The Bertz CT molecular complexity index is 1750. The van der Waals surface area contributed by atoms with Gasteiger partial charge in [0.15, 0.2) is 0 Å². The molecule has 4 aromatic heterocycles. The first-order valence-electron chi connectivity index (χ1n) is 12.3. The molecule has 2 aromatic carbocycles. The predicted molar refractivity (Wildman–Crippen MR) is 165 cm³/mol. The average Bonchev–Trinajstić information content (AvgIpc) is 3.69. The summed E-state index contributed by atoms with van der Waals surface area (Å²) in [6.07, 6.45) is 0. The van der Waals surface area contributed by atoms with Crippen molar-refractivity contribution in [2.24, 2.45) is 0 Å². The first kappa shape index (κ1) is 28.5. The molecule has 8 heteroatoms. The molecule has 0 saturated carbocycles. The van der Waals surface area contributed by atoms with Crippen molar-refractivity contribution in [3.05, 3.63) is 117 Å². The van der Waals surface area contributed by atoms with Gasteiger partial charge >= 0.3 is 0 Å². The van der Waals surface area contributed by atoms with E-state index in [1.807, 2.05) is 37.3 Å². The summed E-state index contributed by atoms with van der Waals surface area (Å²) in [6.45, 7) is 7.24. The SMILES string of the molecule is Cc1cc(F)c(-c2ccc(-c3ccc(C)s3)s2)c(F)c1.Cc1ccc(-c2ccc(-c3cc(F)c(C)c(F)c3)s2)s1. The van der Waals surface area contributed by atoms with Crippen LogP contribution >= 0.6 is 45.3 Å². The molecular formula is C32H24F4S4. The molecule has 4 heterocycles. The summed E-state index contributed by atoms with van der Waals surface area (Å²) < 4.78 is 55.2. The Balaban J connectivity index is 0.000000161. The number of hydrogen-bond acceptors (Lipinski definition) is 4. The number of benzene rings is 2. The van der Waals surface area contributed by atoms with E-state index in [0.717, 1.165) is 19.5 Å². The smallest absolute Gasteiger partial charge is 0.135 e. The third-order valence-electron chi connectivity index (χ3n) is 6.18. The van der Waals surface area contributed by atoms with E-state index in [0.29, 0.717) is 16.0 Å². The second-order valence-corrected chi connectivity index (χ2v) is 14.1. The molecule has 0 spiro atoms. The number of halogens is 4. The zero-order chi connectivity index (χ0) is 28.6. The van der Waals surface area contributed by atoms with Crippen molar-refractivity contribution in [3.8, 4) is 40.4 Å². The summed E-state index contributed by atoms with van der Waals surface area (Å²) in [4.78, 5) is 8.46. The van der Waals surface area contributed by atoms with Gasteiger partial charge < -0.3 is 0 Å². The van der Waals surface area contributed by atoms with E-state index >= 15 is 0 Å². The highest BCUT2D eigenvalue weighted by Gasteiger charge is 2.16. The van der Waals surface area contributed by atoms with Crippen molar-refractivity contribution in [2.45, 2.75) is 27.7 Å². The van der Waals surface area contributed by atoms with Crippen LogP contribution in [0.3, 0.4) is 0 Å². The van der Waals surface area contributed by atoms with Gasteiger partial charge in [-0.25, -0.2) is 17.6 Å². The maximum absolute atomic E-state index is 14.0. The molecule has 0 fully saturated rings. The van der Waals surface area contributed by atoms with E-state index in [1.54, 1.807) is 47.0 Å². The van der Waals surface area contributed by atoms with Crippen LogP contribution < -0.4 is 0 Å². The zero-order valence-electron chi connectivity index (χ0n) is 22.1. The van der Waals surface area contributed by atoms with Crippen LogP contribution in [-0.4, -0.2) is 0 Å². The molecule has 0 aliphatic carbocycles. The Morgan fingerprint density at radius 2 is 0.825 bits per heavy atom. The molecule has 0 N–H and O–H groups in total. The lowest BCUT2D eigenvalue weighted by Crippen LogP contribution is -1.89.